The molecule has 0 aliphatic rings. The number of nitrogens with one attached hydrogen (secondary N) is 2. The fourth-order valence-electron chi connectivity index (χ4n) is 2.54. The molecule has 3 aromatic rings. The van der Waals surface area contributed by atoms with Crippen LogP contribution < -0.4 is 10.6 Å². The monoisotopic (exact) mass is 521 g/mol. The Morgan fingerprint density at radius 2 is 1.88 bits per heavy atom. The first-order chi connectivity index (χ1) is 15.6. The molecule has 1 aromatic carbocycles. The van der Waals surface area contributed by atoms with Gasteiger partial charge in [-0.15, -0.1) is 0 Å². The minimum absolute atomic E-state index is 0.0425. The number of alkyl halides is 3. The summed E-state index contributed by atoms with van der Waals surface area (Å²) in [6.07, 6.45) is -3.62. The molecule has 14 heteroatoms. The van der Waals surface area contributed by atoms with E-state index in [1.54, 1.807) is 0 Å². The van der Waals surface area contributed by atoms with Gasteiger partial charge < -0.3 is 10.1 Å². The van der Waals surface area contributed by atoms with Crippen molar-refractivity contribution in [3.05, 3.63) is 69.1 Å². The first-order valence-electron chi connectivity index (χ1n) is 9.01. The lowest BCUT2D eigenvalue weighted by atomic mass is 10.2. The molecule has 0 bridgehead atoms. The van der Waals surface area contributed by atoms with Gasteiger partial charge in [0.25, 0.3) is 5.91 Å². The number of hydrogen-bond acceptors (Lipinski definition) is 5. The molecule has 0 fully saturated rings. The van der Waals surface area contributed by atoms with Gasteiger partial charge >= 0.3 is 12.3 Å². The molecular formula is C19H13Cl3F3N5O3. The second-order valence-electron chi connectivity index (χ2n) is 6.28. The van der Waals surface area contributed by atoms with E-state index in [-0.39, 0.29) is 34.7 Å². The standard InChI is InChI=1S/C19H13Cl3F3N5O3/c20-10-3-4-14(13(22)8-10)28-18(32)33-7-6-27-17(31)11-9-30(29-15(11)19(23,24)25)16-12(21)2-1-5-26-16/h1-5,8-9H,6-7H2,(H,27,31)(H,28,32). The third kappa shape index (κ3) is 6.28. The zero-order valence-corrected chi connectivity index (χ0v) is 18.6. The summed E-state index contributed by atoms with van der Waals surface area (Å²) in [6.45, 7) is -0.599. The van der Waals surface area contributed by atoms with Crippen LogP contribution in [0.5, 0.6) is 0 Å². The van der Waals surface area contributed by atoms with Crippen molar-refractivity contribution in [1.82, 2.24) is 20.1 Å². The van der Waals surface area contributed by atoms with Crippen LogP contribution in [0.25, 0.3) is 5.82 Å². The molecular weight excluding hydrogens is 510 g/mol. The Balaban J connectivity index is 1.62. The fraction of sp³-hybridized carbons (Fsp3) is 0.158. The van der Waals surface area contributed by atoms with Crippen LogP contribution >= 0.6 is 34.8 Å². The van der Waals surface area contributed by atoms with Crippen molar-refractivity contribution in [3.8, 4) is 5.82 Å². The lowest BCUT2D eigenvalue weighted by Crippen LogP contribution is -2.30. The molecule has 0 atom stereocenters. The molecule has 2 heterocycles. The number of halogens is 6. The molecule has 174 valence electrons. The number of aromatic nitrogens is 3. The van der Waals surface area contributed by atoms with Gasteiger partial charge in [0.05, 0.1) is 27.8 Å². The number of ether oxygens (including phenoxy) is 1. The van der Waals surface area contributed by atoms with Gasteiger partial charge in [-0.3, -0.25) is 10.1 Å². The maximum Gasteiger partial charge on any atom is 0.435 e. The quantitative estimate of drug-likeness (QED) is 0.432. The Hall–Kier alpha value is -3.02. The molecule has 0 saturated carbocycles. The lowest BCUT2D eigenvalue weighted by molar-refractivity contribution is -0.141. The van der Waals surface area contributed by atoms with Gasteiger partial charge in [0.2, 0.25) is 0 Å². The van der Waals surface area contributed by atoms with E-state index in [1.165, 1.54) is 36.5 Å². The number of benzene rings is 1. The van der Waals surface area contributed by atoms with E-state index in [2.05, 4.69) is 20.7 Å². The van der Waals surface area contributed by atoms with Gasteiger partial charge in [-0.25, -0.2) is 14.5 Å². The first-order valence-corrected chi connectivity index (χ1v) is 10.1. The average Bonchev–Trinajstić information content (AvgIpc) is 3.19. The number of amides is 2. The Morgan fingerprint density at radius 3 is 2.55 bits per heavy atom. The van der Waals surface area contributed by atoms with Crippen molar-refractivity contribution in [1.29, 1.82) is 0 Å². The number of anilines is 1. The number of rotatable bonds is 6. The zero-order chi connectivity index (χ0) is 24.2. The van der Waals surface area contributed by atoms with Crippen molar-refractivity contribution in [3.63, 3.8) is 0 Å². The maximum absolute atomic E-state index is 13.4. The SMILES string of the molecule is O=C(Nc1ccc(Cl)cc1Cl)OCCNC(=O)c1cn(-c2ncccc2Cl)nc1C(F)(F)F. The largest absolute Gasteiger partial charge is 0.447 e. The molecule has 0 saturated heterocycles. The predicted molar refractivity (Wildman–Crippen MR) is 115 cm³/mol. The molecule has 0 unspecified atom stereocenters. The summed E-state index contributed by atoms with van der Waals surface area (Å²) in [5.41, 5.74) is -1.93. The van der Waals surface area contributed by atoms with Crippen molar-refractivity contribution in [2.75, 3.05) is 18.5 Å². The third-order valence-electron chi connectivity index (χ3n) is 3.97. The van der Waals surface area contributed by atoms with Crippen LogP contribution in [0.1, 0.15) is 16.1 Å². The van der Waals surface area contributed by atoms with Crippen LogP contribution in [-0.4, -0.2) is 39.9 Å². The highest BCUT2D eigenvalue weighted by atomic mass is 35.5. The summed E-state index contributed by atoms with van der Waals surface area (Å²) in [4.78, 5) is 28.0. The number of pyridine rings is 1. The smallest absolute Gasteiger partial charge is 0.435 e. The molecule has 0 aliphatic heterocycles. The number of nitrogens with zero attached hydrogens (tertiary/aromatic N) is 3. The van der Waals surface area contributed by atoms with Crippen LogP contribution in [-0.2, 0) is 10.9 Å². The van der Waals surface area contributed by atoms with Gasteiger partial charge in [0.15, 0.2) is 11.5 Å². The van der Waals surface area contributed by atoms with E-state index in [4.69, 9.17) is 39.5 Å². The topological polar surface area (TPSA) is 98.1 Å². The number of hydrogen-bond donors (Lipinski definition) is 2. The van der Waals surface area contributed by atoms with E-state index in [0.717, 1.165) is 10.9 Å². The van der Waals surface area contributed by atoms with Gasteiger partial charge in [0.1, 0.15) is 6.61 Å². The third-order valence-corrected chi connectivity index (χ3v) is 4.81. The minimum Gasteiger partial charge on any atom is -0.447 e. The van der Waals surface area contributed by atoms with E-state index in [9.17, 15) is 22.8 Å². The molecule has 33 heavy (non-hydrogen) atoms. The summed E-state index contributed by atoms with van der Waals surface area (Å²) in [6, 6.07) is 7.27. The molecule has 0 aliphatic carbocycles. The molecule has 2 aromatic heterocycles. The molecule has 3 rings (SSSR count). The highest BCUT2D eigenvalue weighted by Crippen LogP contribution is 2.32. The van der Waals surface area contributed by atoms with Crippen LogP contribution in [0.15, 0.2) is 42.7 Å². The van der Waals surface area contributed by atoms with Crippen molar-refractivity contribution in [2.24, 2.45) is 0 Å². The number of carbonyl (C=O) groups excluding carboxylic acids is 2. The highest BCUT2D eigenvalue weighted by Gasteiger charge is 2.39. The minimum atomic E-state index is -4.91. The molecule has 2 N–H and O–H groups in total. The van der Waals surface area contributed by atoms with E-state index in [0.29, 0.717) is 5.02 Å². The lowest BCUT2D eigenvalue weighted by Gasteiger charge is -2.10. The Morgan fingerprint density at radius 1 is 1.12 bits per heavy atom. The summed E-state index contributed by atoms with van der Waals surface area (Å²) in [7, 11) is 0. The van der Waals surface area contributed by atoms with Crippen LogP contribution in [0.3, 0.4) is 0 Å². The molecule has 8 nitrogen and oxygen atoms in total. The van der Waals surface area contributed by atoms with E-state index in [1.807, 2.05) is 0 Å². The first kappa shape index (κ1) is 24.6. The Bertz CT molecular complexity index is 1190. The van der Waals surface area contributed by atoms with Crippen LogP contribution in [0, 0.1) is 0 Å². The fourth-order valence-corrected chi connectivity index (χ4v) is 3.21. The van der Waals surface area contributed by atoms with E-state index < -0.39 is 29.4 Å². The maximum atomic E-state index is 13.4. The number of carbonyl (C=O) groups is 2. The average molecular weight is 523 g/mol. The zero-order valence-electron chi connectivity index (χ0n) is 16.3. The molecule has 0 spiro atoms. The van der Waals surface area contributed by atoms with Crippen molar-refractivity contribution >= 4 is 52.5 Å². The Kier molecular flexibility index (Phi) is 7.67. The summed E-state index contributed by atoms with van der Waals surface area (Å²) >= 11 is 17.6. The normalized spacial score (nSPS) is 11.2. The summed E-state index contributed by atoms with van der Waals surface area (Å²) < 4.78 is 45.8. The van der Waals surface area contributed by atoms with Crippen LogP contribution in [0.4, 0.5) is 23.7 Å². The Labute approximate surface area is 199 Å². The second kappa shape index (κ2) is 10.3. The van der Waals surface area contributed by atoms with E-state index >= 15 is 0 Å². The van der Waals surface area contributed by atoms with Gasteiger partial charge in [-0.1, -0.05) is 34.8 Å². The van der Waals surface area contributed by atoms with Gasteiger partial charge in [-0.2, -0.15) is 18.3 Å². The summed E-state index contributed by atoms with van der Waals surface area (Å²) in [5, 5.41) is 8.61. The van der Waals surface area contributed by atoms with Gasteiger partial charge in [-0.05, 0) is 30.3 Å². The molecule has 0 radical (unpaired) electrons. The predicted octanol–water partition coefficient (Wildman–Crippen LogP) is 5.22. The molecule has 2 amide bonds. The van der Waals surface area contributed by atoms with Gasteiger partial charge in [0, 0.05) is 17.4 Å². The van der Waals surface area contributed by atoms with Crippen LogP contribution in [0.2, 0.25) is 15.1 Å². The summed E-state index contributed by atoms with van der Waals surface area (Å²) in [5.74, 6) is -1.16. The second-order valence-corrected chi connectivity index (χ2v) is 7.53. The van der Waals surface area contributed by atoms with Crippen molar-refractivity contribution < 1.29 is 27.5 Å². The highest BCUT2D eigenvalue weighted by molar-refractivity contribution is 6.36. The van der Waals surface area contributed by atoms with Crippen molar-refractivity contribution in [2.45, 2.75) is 6.18 Å².